The van der Waals surface area contributed by atoms with Gasteiger partial charge in [0.05, 0.1) is 12.1 Å². The first-order valence-corrected chi connectivity index (χ1v) is 8.35. The monoisotopic (exact) mass is 431 g/mol. The highest BCUT2D eigenvalue weighted by molar-refractivity contribution is 5.74. The lowest BCUT2D eigenvalue weighted by molar-refractivity contribution is -0.154. The summed E-state index contributed by atoms with van der Waals surface area (Å²) in [7, 11) is 0. The highest BCUT2D eigenvalue weighted by atomic mass is 19.4. The number of pyridine rings is 1. The molecule has 0 bridgehead atoms. The Morgan fingerprint density at radius 2 is 1.83 bits per heavy atom. The number of nitrogens with zero attached hydrogens (tertiary/aromatic N) is 1. The zero-order valence-corrected chi connectivity index (χ0v) is 15.2. The number of amides is 2. The molecule has 2 amide bonds. The molecule has 5 nitrogen and oxygen atoms in total. The standard InChI is InChI=1S/C19H15F6N3O2/c20-18(21,22)12-30-16-10-14(6-8-26-16)11-28-17(29)27-7-2-4-13-3-1-5-15(9-13)19(23,24)25/h1,3,5-6,8-10H,7,11-12H2,(H2,27,28,29). The molecular weight excluding hydrogens is 416 g/mol. The number of aromatic nitrogens is 1. The van der Waals surface area contributed by atoms with E-state index in [-0.39, 0.29) is 24.5 Å². The minimum atomic E-state index is -4.50. The molecule has 0 radical (unpaired) electrons. The summed E-state index contributed by atoms with van der Waals surface area (Å²) >= 11 is 0. The number of hydrogen-bond donors (Lipinski definition) is 2. The Morgan fingerprint density at radius 1 is 1.07 bits per heavy atom. The molecule has 0 saturated carbocycles. The topological polar surface area (TPSA) is 63.2 Å². The third-order valence-corrected chi connectivity index (χ3v) is 3.40. The maximum absolute atomic E-state index is 12.6. The van der Waals surface area contributed by atoms with E-state index in [4.69, 9.17) is 0 Å². The largest absolute Gasteiger partial charge is 0.468 e. The zero-order valence-electron chi connectivity index (χ0n) is 15.2. The Balaban J connectivity index is 1.79. The Bertz CT molecular complexity index is 932. The van der Waals surface area contributed by atoms with E-state index in [1.165, 1.54) is 30.5 Å². The van der Waals surface area contributed by atoms with Gasteiger partial charge in [-0.25, -0.2) is 9.78 Å². The van der Waals surface area contributed by atoms with E-state index in [1.807, 2.05) is 0 Å². The third kappa shape index (κ3) is 8.30. The lowest BCUT2D eigenvalue weighted by atomic mass is 10.1. The van der Waals surface area contributed by atoms with Crippen LogP contribution in [0.4, 0.5) is 31.1 Å². The number of ether oxygens (including phenoxy) is 1. The zero-order chi connectivity index (χ0) is 22.2. The van der Waals surface area contributed by atoms with Gasteiger partial charge >= 0.3 is 18.4 Å². The van der Waals surface area contributed by atoms with Gasteiger partial charge in [0.1, 0.15) is 0 Å². The van der Waals surface area contributed by atoms with E-state index in [2.05, 4.69) is 32.2 Å². The van der Waals surface area contributed by atoms with Crippen molar-refractivity contribution in [3.05, 3.63) is 59.3 Å². The van der Waals surface area contributed by atoms with Crippen molar-refractivity contribution >= 4 is 6.03 Å². The molecule has 2 rings (SSSR count). The maximum Gasteiger partial charge on any atom is 0.422 e. The molecule has 0 spiro atoms. The fourth-order valence-electron chi connectivity index (χ4n) is 2.08. The van der Waals surface area contributed by atoms with Crippen LogP contribution < -0.4 is 15.4 Å². The number of hydrogen-bond acceptors (Lipinski definition) is 3. The molecule has 0 fully saturated rings. The fourth-order valence-corrected chi connectivity index (χ4v) is 2.08. The van der Waals surface area contributed by atoms with Crippen LogP contribution in [-0.4, -0.2) is 30.3 Å². The van der Waals surface area contributed by atoms with Crippen molar-refractivity contribution in [1.29, 1.82) is 0 Å². The highest BCUT2D eigenvalue weighted by Gasteiger charge is 2.30. The van der Waals surface area contributed by atoms with Gasteiger partial charge in [0.25, 0.3) is 0 Å². The van der Waals surface area contributed by atoms with E-state index in [0.717, 1.165) is 12.1 Å². The molecule has 2 N–H and O–H groups in total. The molecule has 1 aromatic heterocycles. The van der Waals surface area contributed by atoms with Gasteiger partial charge in [0.15, 0.2) is 6.61 Å². The van der Waals surface area contributed by atoms with Crippen LogP contribution in [0.15, 0.2) is 42.6 Å². The van der Waals surface area contributed by atoms with Crippen molar-refractivity contribution in [1.82, 2.24) is 15.6 Å². The normalized spacial score (nSPS) is 11.3. The molecule has 1 aromatic carbocycles. The third-order valence-electron chi connectivity index (χ3n) is 3.40. The summed E-state index contributed by atoms with van der Waals surface area (Å²) < 4.78 is 78.8. The van der Waals surface area contributed by atoms with Gasteiger partial charge in [0.2, 0.25) is 5.88 Å². The number of urea groups is 1. The van der Waals surface area contributed by atoms with Gasteiger partial charge in [-0.2, -0.15) is 26.3 Å². The summed E-state index contributed by atoms with van der Waals surface area (Å²) in [5, 5.41) is 4.84. The van der Waals surface area contributed by atoms with Crippen LogP contribution in [0, 0.1) is 11.8 Å². The van der Waals surface area contributed by atoms with Crippen LogP contribution in [0.5, 0.6) is 5.88 Å². The predicted octanol–water partition coefficient (Wildman–Crippen LogP) is 3.89. The number of halogens is 6. The number of rotatable bonds is 5. The minimum Gasteiger partial charge on any atom is -0.468 e. The molecule has 0 aliphatic carbocycles. The smallest absolute Gasteiger partial charge is 0.422 e. The molecule has 0 aliphatic rings. The summed E-state index contributed by atoms with van der Waals surface area (Å²) in [6, 6.07) is 6.57. The van der Waals surface area contributed by atoms with Crippen molar-refractivity contribution < 1.29 is 35.9 Å². The number of carbonyl (C=O) groups is 1. The Labute approximate surface area is 167 Å². The van der Waals surface area contributed by atoms with Gasteiger partial charge in [-0.3, -0.25) is 0 Å². The SMILES string of the molecule is O=C(NCC#Cc1cccc(C(F)(F)F)c1)NCc1ccnc(OCC(F)(F)F)c1. The van der Waals surface area contributed by atoms with Crippen molar-refractivity contribution in [2.45, 2.75) is 18.9 Å². The molecule has 0 unspecified atom stereocenters. The highest BCUT2D eigenvalue weighted by Crippen LogP contribution is 2.29. The molecule has 0 aliphatic heterocycles. The van der Waals surface area contributed by atoms with Gasteiger partial charge in [-0.15, -0.1) is 0 Å². The maximum atomic E-state index is 12.6. The van der Waals surface area contributed by atoms with Crippen LogP contribution in [0.3, 0.4) is 0 Å². The van der Waals surface area contributed by atoms with E-state index in [0.29, 0.717) is 5.56 Å². The first-order chi connectivity index (χ1) is 14.0. The van der Waals surface area contributed by atoms with E-state index >= 15 is 0 Å². The van der Waals surface area contributed by atoms with Crippen molar-refractivity contribution in [3.63, 3.8) is 0 Å². The summed E-state index contributed by atoms with van der Waals surface area (Å²) in [6.07, 6.45) is -7.73. The Morgan fingerprint density at radius 3 is 2.53 bits per heavy atom. The van der Waals surface area contributed by atoms with Crippen molar-refractivity contribution in [2.24, 2.45) is 0 Å². The van der Waals surface area contributed by atoms with Crippen LogP contribution in [0.2, 0.25) is 0 Å². The summed E-state index contributed by atoms with van der Waals surface area (Å²) in [4.78, 5) is 15.4. The molecule has 0 saturated heterocycles. The quantitative estimate of drug-likeness (QED) is 0.558. The lowest BCUT2D eigenvalue weighted by Crippen LogP contribution is -2.35. The number of nitrogens with one attached hydrogen (secondary N) is 2. The van der Waals surface area contributed by atoms with Crippen molar-refractivity contribution in [3.8, 4) is 17.7 Å². The number of carbonyl (C=O) groups excluding carboxylic acids is 1. The molecular formula is C19H15F6N3O2. The van der Waals surface area contributed by atoms with Crippen molar-refractivity contribution in [2.75, 3.05) is 13.2 Å². The fraction of sp³-hybridized carbons (Fsp3) is 0.263. The average Bonchev–Trinajstić information content (AvgIpc) is 2.67. The van der Waals surface area contributed by atoms with Crippen LogP contribution in [-0.2, 0) is 12.7 Å². The van der Waals surface area contributed by atoms with Gasteiger partial charge in [0, 0.05) is 24.4 Å². The Hall–Kier alpha value is -3.42. The van der Waals surface area contributed by atoms with Gasteiger partial charge in [-0.1, -0.05) is 17.9 Å². The Kier molecular flexibility index (Phi) is 7.52. The molecule has 30 heavy (non-hydrogen) atoms. The van der Waals surface area contributed by atoms with Crippen LogP contribution >= 0.6 is 0 Å². The summed E-state index contributed by atoms with van der Waals surface area (Å²) in [5.74, 6) is 4.80. The molecule has 0 atom stereocenters. The number of alkyl halides is 6. The lowest BCUT2D eigenvalue weighted by Gasteiger charge is -2.10. The van der Waals surface area contributed by atoms with Gasteiger partial charge < -0.3 is 15.4 Å². The molecule has 1 heterocycles. The van der Waals surface area contributed by atoms with E-state index in [9.17, 15) is 31.1 Å². The average molecular weight is 431 g/mol. The second kappa shape index (κ2) is 9.87. The number of benzene rings is 1. The summed E-state index contributed by atoms with van der Waals surface area (Å²) in [5.41, 5.74) is -0.224. The predicted molar refractivity (Wildman–Crippen MR) is 94.3 cm³/mol. The van der Waals surface area contributed by atoms with Crippen LogP contribution in [0.1, 0.15) is 16.7 Å². The van der Waals surface area contributed by atoms with E-state index < -0.39 is 30.6 Å². The summed E-state index contributed by atoms with van der Waals surface area (Å²) in [6.45, 7) is -1.63. The molecule has 11 heteroatoms. The molecule has 2 aromatic rings. The second-order valence-corrected chi connectivity index (χ2v) is 5.82. The first-order valence-electron chi connectivity index (χ1n) is 8.35. The van der Waals surface area contributed by atoms with Gasteiger partial charge in [-0.05, 0) is 29.8 Å². The van der Waals surface area contributed by atoms with Crippen LogP contribution in [0.25, 0.3) is 0 Å². The second-order valence-electron chi connectivity index (χ2n) is 5.82. The van der Waals surface area contributed by atoms with E-state index in [1.54, 1.807) is 0 Å². The minimum absolute atomic E-state index is 0.0161. The molecule has 160 valence electrons. The first kappa shape index (κ1) is 22.9.